The minimum absolute atomic E-state index is 0.0636. The average Bonchev–Trinajstić information content (AvgIpc) is 2.95. The number of nitrogens with two attached hydrogens (primary N) is 1. The second-order valence-electron chi connectivity index (χ2n) is 5.84. The maximum Gasteiger partial charge on any atom is 0.223 e. The van der Waals surface area contributed by atoms with E-state index in [-0.39, 0.29) is 17.7 Å². The highest BCUT2D eigenvalue weighted by atomic mass is 16.4. The fourth-order valence-corrected chi connectivity index (χ4v) is 3.07. The summed E-state index contributed by atoms with van der Waals surface area (Å²) in [6.45, 7) is 1.67. The predicted octanol–water partition coefficient (Wildman–Crippen LogP) is 0.504. The third kappa shape index (κ3) is 3.00. The van der Waals surface area contributed by atoms with Crippen molar-refractivity contribution >= 4 is 11.7 Å². The maximum absolute atomic E-state index is 12.3. The molecule has 2 rings (SSSR count). The van der Waals surface area contributed by atoms with Crippen molar-refractivity contribution in [2.45, 2.75) is 44.1 Å². The van der Waals surface area contributed by atoms with Crippen LogP contribution in [0.15, 0.2) is 5.16 Å². The zero-order valence-electron chi connectivity index (χ0n) is 11.6. The summed E-state index contributed by atoms with van der Waals surface area (Å²) in [6.07, 6.45) is 5.54. The van der Waals surface area contributed by atoms with E-state index >= 15 is 0 Å². The van der Waals surface area contributed by atoms with E-state index in [1.807, 2.05) is 7.05 Å². The Labute approximate surface area is 114 Å². The molecular formula is C13H24N4O2. The molecule has 19 heavy (non-hydrogen) atoms. The van der Waals surface area contributed by atoms with Gasteiger partial charge in [-0.05, 0) is 32.7 Å². The van der Waals surface area contributed by atoms with Gasteiger partial charge in [0.1, 0.15) is 5.54 Å². The lowest BCUT2D eigenvalue weighted by molar-refractivity contribution is -0.126. The number of nitrogens with one attached hydrogen (secondary N) is 1. The van der Waals surface area contributed by atoms with Gasteiger partial charge in [0, 0.05) is 19.0 Å². The molecule has 1 saturated carbocycles. The summed E-state index contributed by atoms with van der Waals surface area (Å²) in [4.78, 5) is 14.5. The highest BCUT2D eigenvalue weighted by molar-refractivity contribution is 5.94. The number of rotatable bonds is 3. The molecular weight excluding hydrogens is 244 g/mol. The van der Waals surface area contributed by atoms with Crippen LogP contribution in [0.25, 0.3) is 0 Å². The van der Waals surface area contributed by atoms with Crippen molar-refractivity contribution in [1.29, 1.82) is 0 Å². The fraction of sp³-hybridized carbons (Fsp3) is 0.846. The Kier molecular flexibility index (Phi) is 4.29. The number of hydrogen-bond donors (Lipinski definition) is 3. The molecule has 0 aromatic carbocycles. The van der Waals surface area contributed by atoms with E-state index in [9.17, 15) is 4.79 Å². The summed E-state index contributed by atoms with van der Waals surface area (Å²) in [7, 11) is 2.04. The van der Waals surface area contributed by atoms with Crippen LogP contribution in [-0.2, 0) is 4.79 Å². The lowest BCUT2D eigenvalue weighted by atomic mass is 9.85. The van der Waals surface area contributed by atoms with Gasteiger partial charge in [0.15, 0.2) is 5.84 Å². The number of likely N-dealkylation sites (tertiary alicyclic amines) is 1. The molecule has 6 heteroatoms. The normalized spacial score (nSPS) is 25.4. The molecule has 4 N–H and O–H groups in total. The van der Waals surface area contributed by atoms with Crippen molar-refractivity contribution in [1.82, 2.24) is 10.2 Å². The van der Waals surface area contributed by atoms with E-state index < -0.39 is 5.54 Å². The van der Waals surface area contributed by atoms with Crippen LogP contribution in [0.4, 0.5) is 0 Å². The summed E-state index contributed by atoms with van der Waals surface area (Å²) in [5.74, 6) is 0.295. The van der Waals surface area contributed by atoms with Gasteiger partial charge in [0.05, 0.1) is 0 Å². The fourth-order valence-electron chi connectivity index (χ4n) is 3.07. The third-order valence-corrected chi connectivity index (χ3v) is 4.53. The highest BCUT2D eigenvalue weighted by Crippen LogP contribution is 2.28. The molecule has 2 aliphatic rings. The van der Waals surface area contributed by atoms with Crippen LogP contribution in [0.1, 0.15) is 38.5 Å². The van der Waals surface area contributed by atoms with Gasteiger partial charge in [-0.1, -0.05) is 18.0 Å². The quantitative estimate of drug-likeness (QED) is 0.301. The summed E-state index contributed by atoms with van der Waals surface area (Å²) >= 11 is 0. The predicted molar refractivity (Wildman–Crippen MR) is 73.0 cm³/mol. The number of oxime groups is 1. The second kappa shape index (κ2) is 5.77. The minimum atomic E-state index is -0.666. The Balaban J connectivity index is 2.07. The summed E-state index contributed by atoms with van der Waals surface area (Å²) in [6, 6.07) is 0. The molecule has 108 valence electrons. The van der Waals surface area contributed by atoms with Crippen molar-refractivity contribution in [2.24, 2.45) is 16.8 Å². The molecule has 6 nitrogen and oxygen atoms in total. The van der Waals surface area contributed by atoms with Gasteiger partial charge in [-0.15, -0.1) is 0 Å². The Morgan fingerprint density at radius 3 is 2.47 bits per heavy atom. The number of nitrogens with zero attached hydrogens (tertiary/aromatic N) is 2. The van der Waals surface area contributed by atoms with Gasteiger partial charge < -0.3 is 21.2 Å². The van der Waals surface area contributed by atoms with E-state index in [1.165, 1.54) is 0 Å². The topological polar surface area (TPSA) is 91.0 Å². The molecule has 0 aromatic heterocycles. The van der Waals surface area contributed by atoms with Crippen molar-refractivity contribution in [3.8, 4) is 0 Å². The van der Waals surface area contributed by atoms with Crippen molar-refractivity contribution in [2.75, 3.05) is 20.1 Å². The number of carbonyl (C=O) groups is 1. The third-order valence-electron chi connectivity index (χ3n) is 4.53. The Hall–Kier alpha value is -1.30. The maximum atomic E-state index is 12.3. The van der Waals surface area contributed by atoms with E-state index in [1.54, 1.807) is 0 Å². The van der Waals surface area contributed by atoms with E-state index in [2.05, 4.69) is 15.4 Å². The van der Waals surface area contributed by atoms with Crippen molar-refractivity contribution in [3.05, 3.63) is 0 Å². The second-order valence-corrected chi connectivity index (χ2v) is 5.84. The number of carbonyl (C=O) groups excluding carboxylic acids is 1. The molecule has 0 aromatic rings. The first-order chi connectivity index (χ1) is 9.07. The van der Waals surface area contributed by atoms with Crippen LogP contribution >= 0.6 is 0 Å². The average molecular weight is 268 g/mol. The van der Waals surface area contributed by atoms with Crippen LogP contribution in [0.2, 0.25) is 0 Å². The molecule has 1 saturated heterocycles. The lowest BCUT2D eigenvalue weighted by Crippen LogP contribution is -2.62. The van der Waals surface area contributed by atoms with E-state index in [4.69, 9.17) is 10.9 Å². The number of amides is 1. The summed E-state index contributed by atoms with van der Waals surface area (Å²) in [5, 5.41) is 15.2. The SMILES string of the molecule is CN1CCC(NC(=O)C2CCCC2)(/C(N)=N/O)CC1. The van der Waals surface area contributed by atoms with Crippen LogP contribution in [0.5, 0.6) is 0 Å². The first-order valence-electron chi connectivity index (χ1n) is 7.06. The molecule has 0 bridgehead atoms. The van der Waals surface area contributed by atoms with Gasteiger partial charge in [-0.3, -0.25) is 4.79 Å². The van der Waals surface area contributed by atoms with Crippen LogP contribution in [0, 0.1) is 5.92 Å². The molecule has 1 amide bonds. The first-order valence-corrected chi connectivity index (χ1v) is 7.06. The largest absolute Gasteiger partial charge is 0.409 e. The molecule has 0 atom stereocenters. The van der Waals surface area contributed by atoms with Crippen molar-refractivity contribution in [3.63, 3.8) is 0 Å². The zero-order chi connectivity index (χ0) is 13.9. The Bertz CT molecular complexity index is 356. The molecule has 0 unspecified atom stereocenters. The molecule has 1 heterocycles. The molecule has 0 spiro atoms. The smallest absolute Gasteiger partial charge is 0.223 e. The first kappa shape index (κ1) is 14.1. The Morgan fingerprint density at radius 1 is 1.37 bits per heavy atom. The summed E-state index contributed by atoms with van der Waals surface area (Å²) < 4.78 is 0. The van der Waals surface area contributed by atoms with Crippen molar-refractivity contribution < 1.29 is 10.0 Å². The van der Waals surface area contributed by atoms with Gasteiger partial charge in [0.25, 0.3) is 0 Å². The molecule has 0 radical (unpaired) electrons. The highest BCUT2D eigenvalue weighted by Gasteiger charge is 2.40. The minimum Gasteiger partial charge on any atom is -0.409 e. The number of hydrogen-bond acceptors (Lipinski definition) is 4. The van der Waals surface area contributed by atoms with Crippen LogP contribution in [0.3, 0.4) is 0 Å². The number of amidine groups is 1. The molecule has 1 aliphatic heterocycles. The van der Waals surface area contributed by atoms with Crippen LogP contribution < -0.4 is 11.1 Å². The van der Waals surface area contributed by atoms with Crippen LogP contribution in [-0.4, -0.2) is 47.5 Å². The van der Waals surface area contributed by atoms with Gasteiger partial charge in [-0.2, -0.15) is 0 Å². The van der Waals surface area contributed by atoms with E-state index in [0.717, 1.165) is 38.8 Å². The number of piperidine rings is 1. The Morgan fingerprint density at radius 2 is 1.95 bits per heavy atom. The van der Waals surface area contributed by atoms with Gasteiger partial charge in [0.2, 0.25) is 5.91 Å². The molecule has 1 aliphatic carbocycles. The zero-order valence-corrected chi connectivity index (χ0v) is 11.6. The lowest BCUT2D eigenvalue weighted by Gasteiger charge is -2.40. The van der Waals surface area contributed by atoms with Gasteiger partial charge >= 0.3 is 0 Å². The molecule has 2 fully saturated rings. The standard InChI is InChI=1S/C13H24N4O2/c1-17-8-6-13(7-9-17,12(14)16-19)15-11(18)10-4-2-3-5-10/h10,19H,2-9H2,1H3,(H2,14,16)(H,15,18). The van der Waals surface area contributed by atoms with E-state index in [0.29, 0.717) is 12.8 Å². The summed E-state index contributed by atoms with van der Waals surface area (Å²) in [5.41, 5.74) is 5.18. The van der Waals surface area contributed by atoms with Gasteiger partial charge in [-0.25, -0.2) is 0 Å². The monoisotopic (exact) mass is 268 g/mol.